The van der Waals surface area contributed by atoms with E-state index in [-0.39, 0.29) is 75.1 Å². The van der Waals surface area contributed by atoms with E-state index < -0.39 is 35.9 Å². The first kappa shape index (κ1) is 43.8. The number of hydrogen-bond acceptors (Lipinski definition) is 7. The summed E-state index contributed by atoms with van der Waals surface area (Å²) in [5.41, 5.74) is 2.84. The Hall–Kier alpha value is -5.38. The van der Waals surface area contributed by atoms with Crippen LogP contribution >= 0.6 is 0 Å². The lowest BCUT2D eigenvalue weighted by atomic mass is 9.99. The Balaban J connectivity index is 1.78. The van der Waals surface area contributed by atoms with Crippen LogP contribution in [0.15, 0.2) is 60.2 Å². The Kier molecular flexibility index (Phi) is 18.1. The predicted octanol–water partition coefficient (Wildman–Crippen LogP) is 3.65. The topological polar surface area (TPSA) is 175 Å². The van der Waals surface area contributed by atoms with Crippen molar-refractivity contribution >= 4 is 41.3 Å². The lowest BCUT2D eigenvalue weighted by Gasteiger charge is -2.26. The molecule has 0 bridgehead atoms. The Bertz CT molecular complexity index is 1610. The summed E-state index contributed by atoms with van der Waals surface area (Å²) in [6, 6.07) is 5.62. The van der Waals surface area contributed by atoms with E-state index in [1.165, 1.54) is 6.92 Å². The van der Waals surface area contributed by atoms with Crippen molar-refractivity contribution in [1.82, 2.24) is 26.6 Å². The molecule has 0 spiro atoms. The molecule has 0 aromatic heterocycles. The fourth-order valence-corrected chi connectivity index (χ4v) is 5.05. The molecule has 1 heterocycles. The second-order valence-electron chi connectivity index (χ2n) is 14.2. The number of rotatable bonds is 18. The van der Waals surface area contributed by atoms with Crippen LogP contribution in [0.2, 0.25) is 0 Å². The summed E-state index contributed by atoms with van der Waals surface area (Å²) in [6.07, 6.45) is 5.24. The minimum Gasteiger partial charge on any atom is -0.449 e. The van der Waals surface area contributed by atoms with Gasteiger partial charge in [0, 0.05) is 50.0 Å². The highest BCUT2D eigenvalue weighted by atomic mass is 16.5. The van der Waals surface area contributed by atoms with Crippen molar-refractivity contribution in [1.29, 1.82) is 0 Å². The molecule has 288 valence electrons. The normalized spacial score (nSPS) is 15.1. The number of alkyl carbamates (subject to hydrolysis) is 1. The van der Waals surface area contributed by atoms with Gasteiger partial charge in [-0.15, -0.1) is 0 Å². The first-order chi connectivity index (χ1) is 25.1. The largest absolute Gasteiger partial charge is 0.449 e. The molecule has 6 amide bonds. The van der Waals surface area contributed by atoms with Crippen molar-refractivity contribution in [3.8, 4) is 11.8 Å². The molecule has 5 N–H and O–H groups in total. The number of amides is 6. The number of carbonyl (C=O) groups is 6. The number of para-hydroxylation sites is 1. The maximum Gasteiger partial charge on any atom is 0.407 e. The van der Waals surface area contributed by atoms with Crippen LogP contribution in [0, 0.1) is 23.2 Å². The molecular weight excluding hydrogens is 676 g/mol. The molecule has 1 aliphatic rings. The zero-order chi connectivity index (χ0) is 39.6. The van der Waals surface area contributed by atoms with E-state index in [9.17, 15) is 28.8 Å². The van der Waals surface area contributed by atoms with Gasteiger partial charge in [0.05, 0.1) is 18.8 Å². The van der Waals surface area contributed by atoms with E-state index in [0.29, 0.717) is 12.2 Å². The summed E-state index contributed by atoms with van der Waals surface area (Å²) in [6.45, 7) is 17.6. The van der Waals surface area contributed by atoms with Gasteiger partial charge in [0.15, 0.2) is 0 Å². The molecule has 1 aromatic carbocycles. The van der Waals surface area contributed by atoms with Gasteiger partial charge in [0.1, 0.15) is 12.1 Å². The Morgan fingerprint density at radius 2 is 1.57 bits per heavy atom. The van der Waals surface area contributed by atoms with Crippen LogP contribution in [0.1, 0.15) is 79.7 Å². The molecule has 13 nitrogen and oxygen atoms in total. The number of carbonyl (C=O) groups excluding carboxylic acids is 6. The summed E-state index contributed by atoms with van der Waals surface area (Å²) in [5, 5.41) is 13.3. The van der Waals surface area contributed by atoms with E-state index >= 15 is 0 Å². The SMILES string of the molecule is C=C/C1=C(\C=C/C)CN(C(=O)CCNC(=O)CCCC(=O)NC(C(=O)N[C@@H](C)C(=O)NCCNC(=O)OCC(C)(C)C)C(C)C)c2ccccc2C#C1. The molecule has 0 aliphatic carbocycles. The van der Waals surface area contributed by atoms with Crippen molar-refractivity contribution in [2.45, 2.75) is 86.2 Å². The molecule has 1 aromatic rings. The number of fused-ring (bicyclic) bond motifs is 1. The lowest BCUT2D eigenvalue weighted by molar-refractivity contribution is -0.132. The summed E-state index contributed by atoms with van der Waals surface area (Å²) in [4.78, 5) is 77.6. The molecule has 13 heteroatoms. The standard InChI is InChI=1S/C40H56N6O7/c1-9-14-31-25-46(32-16-12-11-15-30(32)20-19-29(31)10-2)35(49)21-22-41-33(47)17-13-18-34(48)45-36(27(3)4)38(51)44-28(5)37(50)42-23-24-43-39(52)53-26-40(6,7)8/h9-12,14-16,27-28,36H,2,13,17-18,21-26H2,1,3-8H3,(H,41,47)(H,42,50)(H,43,52)(H,44,51)(H,45,48)/b14-9-,31-29-/t28-,36?/m0/s1. The second kappa shape index (κ2) is 21.9. The quantitative estimate of drug-likeness (QED) is 0.113. The van der Waals surface area contributed by atoms with Gasteiger partial charge in [-0.25, -0.2) is 4.79 Å². The number of allylic oxidation sites excluding steroid dienone is 3. The molecule has 0 saturated carbocycles. The Labute approximate surface area is 313 Å². The fraction of sp³-hybridized carbons (Fsp3) is 0.500. The molecule has 1 unspecified atom stereocenters. The van der Waals surface area contributed by atoms with Gasteiger partial charge in [-0.1, -0.05) is 83.4 Å². The lowest BCUT2D eigenvalue weighted by Crippen LogP contribution is -2.54. The zero-order valence-corrected chi connectivity index (χ0v) is 32.1. The highest BCUT2D eigenvalue weighted by Gasteiger charge is 2.27. The van der Waals surface area contributed by atoms with Gasteiger partial charge in [0.25, 0.3) is 0 Å². The minimum atomic E-state index is -0.901. The number of nitrogens with one attached hydrogen (secondary N) is 5. The average Bonchev–Trinajstić information content (AvgIpc) is 3.09. The molecule has 1 aliphatic heterocycles. The summed E-state index contributed by atoms with van der Waals surface area (Å²) >= 11 is 0. The van der Waals surface area contributed by atoms with Crippen LogP contribution in [0.3, 0.4) is 0 Å². The van der Waals surface area contributed by atoms with Crippen molar-refractivity contribution < 1.29 is 33.5 Å². The van der Waals surface area contributed by atoms with Crippen molar-refractivity contribution in [3.05, 3.63) is 65.8 Å². The third kappa shape index (κ3) is 15.8. The molecule has 2 atom stereocenters. The monoisotopic (exact) mass is 732 g/mol. The first-order valence-corrected chi connectivity index (χ1v) is 18.0. The zero-order valence-electron chi connectivity index (χ0n) is 32.1. The minimum absolute atomic E-state index is 0.00136. The maximum atomic E-state index is 13.4. The Morgan fingerprint density at radius 3 is 2.23 bits per heavy atom. The molecule has 0 fully saturated rings. The van der Waals surface area contributed by atoms with Crippen LogP contribution in [0.4, 0.5) is 10.5 Å². The third-order valence-electron chi connectivity index (χ3n) is 7.89. The van der Waals surface area contributed by atoms with E-state index in [1.54, 1.807) is 24.8 Å². The summed E-state index contributed by atoms with van der Waals surface area (Å²) in [5.74, 6) is 4.13. The highest BCUT2D eigenvalue weighted by molar-refractivity contribution is 5.96. The second-order valence-corrected chi connectivity index (χ2v) is 14.2. The van der Waals surface area contributed by atoms with Crippen LogP contribution < -0.4 is 31.5 Å². The van der Waals surface area contributed by atoms with Crippen LogP contribution in [-0.2, 0) is 28.7 Å². The van der Waals surface area contributed by atoms with Gasteiger partial charge in [-0.05, 0) is 49.3 Å². The van der Waals surface area contributed by atoms with E-state index in [4.69, 9.17) is 4.74 Å². The smallest absolute Gasteiger partial charge is 0.407 e. The Morgan fingerprint density at radius 1 is 0.887 bits per heavy atom. The van der Waals surface area contributed by atoms with Crippen LogP contribution in [0.25, 0.3) is 0 Å². The van der Waals surface area contributed by atoms with Crippen molar-refractivity contribution in [2.75, 3.05) is 37.7 Å². The highest BCUT2D eigenvalue weighted by Crippen LogP contribution is 2.25. The number of benzene rings is 1. The fourth-order valence-electron chi connectivity index (χ4n) is 5.05. The molecular formula is C40H56N6O7. The van der Waals surface area contributed by atoms with E-state index in [2.05, 4.69) is 45.0 Å². The average molecular weight is 733 g/mol. The van der Waals surface area contributed by atoms with Gasteiger partial charge in [-0.2, -0.15) is 0 Å². The summed E-state index contributed by atoms with van der Waals surface area (Å²) < 4.78 is 5.11. The van der Waals surface area contributed by atoms with Crippen molar-refractivity contribution in [2.24, 2.45) is 11.3 Å². The van der Waals surface area contributed by atoms with E-state index in [1.807, 2.05) is 64.1 Å². The molecule has 53 heavy (non-hydrogen) atoms. The van der Waals surface area contributed by atoms with Gasteiger partial charge >= 0.3 is 6.09 Å². The van der Waals surface area contributed by atoms with Gasteiger partial charge in [-0.3, -0.25) is 24.0 Å². The van der Waals surface area contributed by atoms with Gasteiger partial charge < -0.3 is 36.2 Å². The number of anilines is 1. The molecule has 0 saturated heterocycles. The number of ether oxygens (including phenoxy) is 1. The van der Waals surface area contributed by atoms with Crippen LogP contribution in [0.5, 0.6) is 0 Å². The van der Waals surface area contributed by atoms with E-state index in [0.717, 1.165) is 16.7 Å². The maximum absolute atomic E-state index is 13.4. The first-order valence-electron chi connectivity index (χ1n) is 18.0. The van der Waals surface area contributed by atoms with Gasteiger partial charge in [0.2, 0.25) is 29.5 Å². The number of nitrogens with zero attached hydrogens (tertiary/aromatic N) is 1. The third-order valence-corrected chi connectivity index (χ3v) is 7.89. The molecule has 2 rings (SSSR count). The van der Waals surface area contributed by atoms with Crippen LogP contribution in [-0.4, -0.2) is 80.5 Å². The van der Waals surface area contributed by atoms with Crippen molar-refractivity contribution in [3.63, 3.8) is 0 Å². The molecule has 0 radical (unpaired) electrons. The predicted molar refractivity (Wildman–Crippen MR) is 205 cm³/mol. The number of hydrogen-bond donors (Lipinski definition) is 5. The summed E-state index contributed by atoms with van der Waals surface area (Å²) in [7, 11) is 0.